The van der Waals surface area contributed by atoms with E-state index >= 15 is 0 Å². The molecule has 0 saturated heterocycles. The molecule has 0 fully saturated rings. The fourth-order valence-corrected chi connectivity index (χ4v) is 1.55. The summed E-state index contributed by atoms with van der Waals surface area (Å²) in [5, 5.41) is 0. The molecule has 2 N–H and O–H groups in total. The van der Waals surface area contributed by atoms with Crippen molar-refractivity contribution < 1.29 is 0 Å². The molecule has 0 aromatic heterocycles. The standard InChI is InChI=1S/C11H24N2/c1-4-7-11(12)10-13(8-5-2)9-6-3/h5,11H,2,4,6-10,12H2,1,3H3. The highest BCUT2D eigenvalue weighted by Crippen LogP contribution is 1.99. The van der Waals surface area contributed by atoms with Crippen LogP contribution in [0.1, 0.15) is 33.1 Å². The first-order valence-corrected chi connectivity index (χ1v) is 5.33. The summed E-state index contributed by atoms with van der Waals surface area (Å²) in [4.78, 5) is 2.37. The van der Waals surface area contributed by atoms with Crippen LogP contribution < -0.4 is 5.73 Å². The Bertz CT molecular complexity index is 123. The average Bonchev–Trinajstić information content (AvgIpc) is 2.05. The second kappa shape index (κ2) is 8.27. The van der Waals surface area contributed by atoms with Gasteiger partial charge in [-0.2, -0.15) is 0 Å². The van der Waals surface area contributed by atoms with Crippen LogP contribution in [0, 0.1) is 0 Å². The van der Waals surface area contributed by atoms with Crippen LogP contribution in [0.3, 0.4) is 0 Å². The van der Waals surface area contributed by atoms with Crippen molar-refractivity contribution in [1.29, 1.82) is 0 Å². The zero-order valence-electron chi connectivity index (χ0n) is 9.13. The summed E-state index contributed by atoms with van der Waals surface area (Å²) in [6.07, 6.45) is 5.44. The molecule has 0 aliphatic carbocycles. The lowest BCUT2D eigenvalue weighted by Crippen LogP contribution is -2.37. The minimum Gasteiger partial charge on any atom is -0.327 e. The summed E-state index contributed by atoms with van der Waals surface area (Å²) in [6.45, 7) is 11.2. The van der Waals surface area contributed by atoms with Gasteiger partial charge in [0.1, 0.15) is 0 Å². The third-order valence-electron chi connectivity index (χ3n) is 2.08. The molecule has 0 aliphatic heterocycles. The maximum absolute atomic E-state index is 5.97. The summed E-state index contributed by atoms with van der Waals surface area (Å²) in [6, 6.07) is 0.330. The van der Waals surface area contributed by atoms with E-state index in [1.807, 2.05) is 6.08 Å². The van der Waals surface area contributed by atoms with E-state index in [1.54, 1.807) is 0 Å². The minimum atomic E-state index is 0.330. The topological polar surface area (TPSA) is 29.3 Å². The quantitative estimate of drug-likeness (QED) is 0.585. The lowest BCUT2D eigenvalue weighted by molar-refractivity contribution is 0.277. The Labute approximate surface area is 82.8 Å². The van der Waals surface area contributed by atoms with Gasteiger partial charge in [-0.25, -0.2) is 0 Å². The molecule has 0 rings (SSSR count). The van der Waals surface area contributed by atoms with Gasteiger partial charge < -0.3 is 5.73 Å². The van der Waals surface area contributed by atoms with Gasteiger partial charge in [0.05, 0.1) is 0 Å². The van der Waals surface area contributed by atoms with Crippen LogP contribution in [0.2, 0.25) is 0 Å². The van der Waals surface area contributed by atoms with Crippen molar-refractivity contribution in [3.63, 3.8) is 0 Å². The fraction of sp³-hybridized carbons (Fsp3) is 0.818. The largest absolute Gasteiger partial charge is 0.327 e. The summed E-state index contributed by atoms with van der Waals surface area (Å²) in [7, 11) is 0. The van der Waals surface area contributed by atoms with Crippen LogP contribution in [-0.4, -0.2) is 30.6 Å². The van der Waals surface area contributed by atoms with E-state index in [2.05, 4.69) is 25.3 Å². The first-order valence-electron chi connectivity index (χ1n) is 5.33. The van der Waals surface area contributed by atoms with Gasteiger partial charge in [0, 0.05) is 19.1 Å². The van der Waals surface area contributed by atoms with Crippen molar-refractivity contribution >= 4 is 0 Å². The molecule has 0 aromatic carbocycles. The normalized spacial score (nSPS) is 13.2. The summed E-state index contributed by atoms with van der Waals surface area (Å²) in [5.41, 5.74) is 5.97. The van der Waals surface area contributed by atoms with Gasteiger partial charge in [-0.05, 0) is 19.4 Å². The van der Waals surface area contributed by atoms with Gasteiger partial charge in [0.25, 0.3) is 0 Å². The molecule has 0 aliphatic rings. The Hall–Kier alpha value is -0.340. The van der Waals surface area contributed by atoms with Gasteiger partial charge in [0.2, 0.25) is 0 Å². The van der Waals surface area contributed by atoms with Crippen molar-refractivity contribution in [1.82, 2.24) is 4.90 Å². The van der Waals surface area contributed by atoms with Crippen LogP contribution in [0.25, 0.3) is 0 Å². The Kier molecular flexibility index (Phi) is 8.05. The van der Waals surface area contributed by atoms with E-state index < -0.39 is 0 Å². The molecule has 0 spiro atoms. The first kappa shape index (κ1) is 12.7. The molecule has 1 atom stereocenters. The molecule has 0 amide bonds. The lowest BCUT2D eigenvalue weighted by atomic mass is 10.1. The first-order chi connectivity index (χ1) is 6.24. The molecule has 2 heteroatoms. The van der Waals surface area contributed by atoms with Gasteiger partial charge >= 0.3 is 0 Å². The van der Waals surface area contributed by atoms with Crippen LogP contribution >= 0.6 is 0 Å². The Morgan fingerprint density at radius 3 is 2.54 bits per heavy atom. The Morgan fingerprint density at radius 1 is 1.38 bits per heavy atom. The van der Waals surface area contributed by atoms with Crippen molar-refractivity contribution in [3.05, 3.63) is 12.7 Å². The predicted octanol–water partition coefficient (Wildman–Crippen LogP) is 2.01. The highest BCUT2D eigenvalue weighted by Gasteiger charge is 2.07. The van der Waals surface area contributed by atoms with Gasteiger partial charge in [-0.1, -0.05) is 26.3 Å². The van der Waals surface area contributed by atoms with Crippen LogP contribution in [0.4, 0.5) is 0 Å². The van der Waals surface area contributed by atoms with Crippen molar-refractivity contribution in [2.24, 2.45) is 5.73 Å². The summed E-state index contributed by atoms with van der Waals surface area (Å²) < 4.78 is 0. The molecule has 0 heterocycles. The van der Waals surface area contributed by atoms with Crippen molar-refractivity contribution in [2.45, 2.75) is 39.2 Å². The molecule has 1 unspecified atom stereocenters. The smallest absolute Gasteiger partial charge is 0.0167 e. The molecular weight excluding hydrogens is 160 g/mol. The van der Waals surface area contributed by atoms with Crippen LogP contribution in [-0.2, 0) is 0 Å². The molecule has 0 radical (unpaired) electrons. The van der Waals surface area contributed by atoms with Gasteiger partial charge in [-0.15, -0.1) is 6.58 Å². The highest BCUT2D eigenvalue weighted by atomic mass is 15.1. The molecule has 78 valence electrons. The number of hydrogen-bond donors (Lipinski definition) is 1. The predicted molar refractivity (Wildman–Crippen MR) is 59.8 cm³/mol. The zero-order chi connectivity index (χ0) is 10.1. The zero-order valence-corrected chi connectivity index (χ0v) is 9.13. The van der Waals surface area contributed by atoms with E-state index in [-0.39, 0.29) is 0 Å². The van der Waals surface area contributed by atoms with E-state index in [9.17, 15) is 0 Å². The molecule has 2 nitrogen and oxygen atoms in total. The fourth-order valence-electron chi connectivity index (χ4n) is 1.55. The average molecular weight is 184 g/mol. The SMILES string of the molecule is C=CCN(CCC)CC(N)CCC. The third-order valence-corrected chi connectivity index (χ3v) is 2.08. The Balaban J connectivity index is 3.71. The Morgan fingerprint density at radius 2 is 2.08 bits per heavy atom. The molecule has 0 aromatic rings. The van der Waals surface area contributed by atoms with Crippen LogP contribution in [0.5, 0.6) is 0 Å². The van der Waals surface area contributed by atoms with Gasteiger partial charge in [0.15, 0.2) is 0 Å². The maximum Gasteiger partial charge on any atom is 0.0167 e. The molecular formula is C11H24N2. The molecule has 0 saturated carbocycles. The number of rotatable bonds is 8. The summed E-state index contributed by atoms with van der Waals surface area (Å²) in [5.74, 6) is 0. The highest BCUT2D eigenvalue weighted by molar-refractivity contribution is 4.76. The van der Waals surface area contributed by atoms with Crippen molar-refractivity contribution in [3.8, 4) is 0 Å². The van der Waals surface area contributed by atoms with Crippen LogP contribution in [0.15, 0.2) is 12.7 Å². The number of hydrogen-bond acceptors (Lipinski definition) is 2. The summed E-state index contributed by atoms with van der Waals surface area (Å²) >= 11 is 0. The molecule has 13 heavy (non-hydrogen) atoms. The number of nitrogens with zero attached hydrogens (tertiary/aromatic N) is 1. The van der Waals surface area contributed by atoms with E-state index in [0.717, 1.165) is 26.1 Å². The second-order valence-electron chi connectivity index (χ2n) is 3.60. The van der Waals surface area contributed by atoms with Crippen molar-refractivity contribution in [2.75, 3.05) is 19.6 Å². The van der Waals surface area contributed by atoms with Gasteiger partial charge in [-0.3, -0.25) is 4.90 Å². The van der Waals surface area contributed by atoms with E-state index in [1.165, 1.54) is 12.8 Å². The van der Waals surface area contributed by atoms with E-state index in [4.69, 9.17) is 5.73 Å². The second-order valence-corrected chi connectivity index (χ2v) is 3.60. The third kappa shape index (κ3) is 6.79. The molecule has 0 bridgehead atoms. The minimum absolute atomic E-state index is 0.330. The van der Waals surface area contributed by atoms with E-state index in [0.29, 0.717) is 6.04 Å². The maximum atomic E-state index is 5.97. The monoisotopic (exact) mass is 184 g/mol. The lowest BCUT2D eigenvalue weighted by Gasteiger charge is -2.23. The number of nitrogens with two attached hydrogens (primary N) is 1.